The van der Waals surface area contributed by atoms with E-state index in [1.165, 1.54) is 19.3 Å². The lowest BCUT2D eigenvalue weighted by molar-refractivity contribution is -0.116. The average molecular weight is 428 g/mol. The van der Waals surface area contributed by atoms with E-state index >= 15 is 0 Å². The van der Waals surface area contributed by atoms with Gasteiger partial charge in [-0.3, -0.25) is 14.5 Å². The maximum Gasteiger partial charge on any atom is 0.253 e. The summed E-state index contributed by atoms with van der Waals surface area (Å²) in [4.78, 5) is 32.0. The van der Waals surface area contributed by atoms with Gasteiger partial charge < -0.3 is 9.80 Å². The molecule has 0 N–H and O–H groups in total. The molecule has 2 aliphatic rings. The predicted molar refractivity (Wildman–Crippen MR) is 127 cm³/mol. The standard InChI is InChI=1S/C26H41N3O2/c1-21(2)13-18-27-14-7-5-4-6-8-17-29(22(3)30)25-12-11-23(19-24(25)20-27)26(31)28-15-9-10-16-28/h11-12,19,21H,4-10,13-18,20H2,1-3H3. The molecule has 5 heteroatoms. The first-order chi connectivity index (χ1) is 15.0. The van der Waals surface area contributed by atoms with Crippen LogP contribution in [-0.4, -0.2) is 54.3 Å². The van der Waals surface area contributed by atoms with Crippen LogP contribution in [0.1, 0.15) is 88.1 Å². The number of nitrogens with zero attached hydrogens (tertiary/aromatic N) is 3. The minimum absolute atomic E-state index is 0.0886. The molecule has 0 radical (unpaired) electrons. The average Bonchev–Trinajstić information content (AvgIpc) is 3.27. The number of anilines is 1. The zero-order valence-corrected chi connectivity index (χ0v) is 19.9. The number of hydrogen-bond donors (Lipinski definition) is 0. The highest BCUT2D eigenvalue weighted by molar-refractivity contribution is 5.97. The molecule has 0 spiro atoms. The molecule has 2 aliphatic heterocycles. The largest absolute Gasteiger partial charge is 0.339 e. The van der Waals surface area contributed by atoms with Gasteiger partial charge in [0.25, 0.3) is 5.91 Å². The van der Waals surface area contributed by atoms with Crippen LogP contribution in [0.15, 0.2) is 18.2 Å². The van der Waals surface area contributed by atoms with Gasteiger partial charge in [-0.15, -0.1) is 0 Å². The summed E-state index contributed by atoms with van der Waals surface area (Å²) < 4.78 is 0. The number of carbonyl (C=O) groups excluding carboxylic acids is 2. The van der Waals surface area contributed by atoms with Crippen LogP contribution in [0, 0.1) is 5.92 Å². The molecule has 0 unspecified atom stereocenters. The van der Waals surface area contributed by atoms with Crippen LogP contribution < -0.4 is 4.90 Å². The van der Waals surface area contributed by atoms with E-state index in [0.29, 0.717) is 5.92 Å². The minimum atomic E-state index is 0.0886. The van der Waals surface area contributed by atoms with Gasteiger partial charge in [-0.2, -0.15) is 0 Å². The van der Waals surface area contributed by atoms with Crippen molar-refractivity contribution in [3.8, 4) is 0 Å². The zero-order chi connectivity index (χ0) is 22.2. The van der Waals surface area contributed by atoms with Crippen LogP contribution in [0.2, 0.25) is 0 Å². The van der Waals surface area contributed by atoms with Gasteiger partial charge in [0, 0.05) is 44.4 Å². The van der Waals surface area contributed by atoms with Gasteiger partial charge in [-0.05, 0) is 74.9 Å². The summed E-state index contributed by atoms with van der Waals surface area (Å²) in [5.41, 5.74) is 2.87. The third kappa shape index (κ3) is 6.80. The minimum Gasteiger partial charge on any atom is -0.339 e. The van der Waals surface area contributed by atoms with Crippen LogP contribution in [0.25, 0.3) is 0 Å². The number of hydrogen-bond acceptors (Lipinski definition) is 3. The Labute approximate surface area is 188 Å². The molecule has 0 bridgehead atoms. The third-order valence-corrected chi connectivity index (χ3v) is 6.66. The number of carbonyl (C=O) groups is 2. The molecule has 2 amide bonds. The molecule has 0 atom stereocenters. The SMILES string of the molecule is CC(=O)N1CCCCCCCN(CCC(C)C)Cc2cc(C(=O)N3CCCC3)ccc21. The number of rotatable bonds is 4. The Balaban J connectivity index is 1.93. The Morgan fingerprint density at radius 1 is 0.903 bits per heavy atom. The summed E-state index contributed by atoms with van der Waals surface area (Å²) in [5.74, 6) is 0.887. The number of fused-ring (bicyclic) bond motifs is 1. The van der Waals surface area contributed by atoms with Crippen LogP contribution in [0.5, 0.6) is 0 Å². The molecule has 1 aromatic carbocycles. The number of amides is 2. The van der Waals surface area contributed by atoms with Crippen molar-refractivity contribution in [2.24, 2.45) is 5.92 Å². The smallest absolute Gasteiger partial charge is 0.253 e. The van der Waals surface area contributed by atoms with Crippen molar-refractivity contribution in [2.45, 2.75) is 78.7 Å². The highest BCUT2D eigenvalue weighted by Gasteiger charge is 2.23. The van der Waals surface area contributed by atoms with E-state index in [1.807, 2.05) is 21.9 Å². The van der Waals surface area contributed by atoms with E-state index < -0.39 is 0 Å². The van der Waals surface area contributed by atoms with Crippen LogP contribution >= 0.6 is 0 Å². The number of benzene rings is 1. The van der Waals surface area contributed by atoms with Crippen LogP contribution in [0.3, 0.4) is 0 Å². The fourth-order valence-electron chi connectivity index (χ4n) is 4.75. The summed E-state index contributed by atoms with van der Waals surface area (Å²) in [6.45, 7) is 11.6. The molecule has 3 rings (SSSR count). The first-order valence-electron chi connectivity index (χ1n) is 12.4. The van der Waals surface area contributed by atoms with E-state index in [9.17, 15) is 9.59 Å². The summed E-state index contributed by atoms with van der Waals surface area (Å²) in [7, 11) is 0. The van der Waals surface area contributed by atoms with E-state index in [4.69, 9.17) is 0 Å². The summed E-state index contributed by atoms with van der Waals surface area (Å²) in [6, 6.07) is 6.02. The van der Waals surface area contributed by atoms with E-state index in [-0.39, 0.29) is 11.8 Å². The molecule has 5 nitrogen and oxygen atoms in total. The van der Waals surface area contributed by atoms with E-state index in [0.717, 1.165) is 88.2 Å². The fourth-order valence-corrected chi connectivity index (χ4v) is 4.75. The summed E-state index contributed by atoms with van der Waals surface area (Å²) in [6.07, 6.45) is 9.25. The normalized spacial score (nSPS) is 19.1. The predicted octanol–water partition coefficient (Wildman–Crippen LogP) is 5.09. The lowest BCUT2D eigenvalue weighted by atomic mass is 10.0. The Hall–Kier alpha value is -1.88. The lowest BCUT2D eigenvalue weighted by Crippen LogP contribution is -2.33. The first-order valence-corrected chi connectivity index (χ1v) is 12.4. The zero-order valence-electron chi connectivity index (χ0n) is 19.9. The Kier molecular flexibility index (Phi) is 8.94. The van der Waals surface area contributed by atoms with Crippen molar-refractivity contribution in [1.29, 1.82) is 0 Å². The highest BCUT2D eigenvalue weighted by atomic mass is 16.2. The molecular formula is C26H41N3O2. The van der Waals surface area contributed by atoms with E-state index in [1.54, 1.807) is 6.92 Å². The third-order valence-electron chi connectivity index (χ3n) is 6.66. The fraction of sp³-hybridized carbons (Fsp3) is 0.692. The first kappa shape index (κ1) is 23.8. The van der Waals surface area contributed by atoms with Crippen molar-refractivity contribution in [3.63, 3.8) is 0 Å². The number of likely N-dealkylation sites (tertiary alicyclic amines) is 1. The van der Waals surface area contributed by atoms with Gasteiger partial charge >= 0.3 is 0 Å². The molecule has 31 heavy (non-hydrogen) atoms. The lowest BCUT2D eigenvalue weighted by Gasteiger charge is -2.29. The van der Waals surface area contributed by atoms with Crippen molar-refractivity contribution in [1.82, 2.24) is 9.80 Å². The van der Waals surface area contributed by atoms with Crippen molar-refractivity contribution in [3.05, 3.63) is 29.3 Å². The van der Waals surface area contributed by atoms with Crippen molar-refractivity contribution >= 4 is 17.5 Å². The van der Waals surface area contributed by atoms with Crippen molar-refractivity contribution < 1.29 is 9.59 Å². The second-order valence-electron chi connectivity index (χ2n) is 9.74. The van der Waals surface area contributed by atoms with Gasteiger partial charge in [0.2, 0.25) is 5.91 Å². The molecular weight excluding hydrogens is 386 g/mol. The molecule has 1 fully saturated rings. The monoisotopic (exact) mass is 427 g/mol. The Bertz CT molecular complexity index is 740. The van der Waals surface area contributed by atoms with Gasteiger partial charge in [-0.1, -0.05) is 33.1 Å². The van der Waals surface area contributed by atoms with Gasteiger partial charge in [0.15, 0.2) is 0 Å². The van der Waals surface area contributed by atoms with Gasteiger partial charge in [0.1, 0.15) is 0 Å². The molecule has 1 saturated heterocycles. The molecule has 0 saturated carbocycles. The Morgan fingerprint density at radius 3 is 2.23 bits per heavy atom. The summed E-state index contributed by atoms with van der Waals surface area (Å²) in [5, 5.41) is 0. The van der Waals surface area contributed by atoms with E-state index in [2.05, 4.69) is 24.8 Å². The van der Waals surface area contributed by atoms with Crippen LogP contribution in [-0.2, 0) is 11.3 Å². The highest BCUT2D eigenvalue weighted by Crippen LogP contribution is 2.27. The second-order valence-corrected chi connectivity index (χ2v) is 9.74. The quantitative estimate of drug-likeness (QED) is 0.672. The molecule has 1 aromatic rings. The molecule has 2 heterocycles. The summed E-state index contributed by atoms with van der Waals surface area (Å²) >= 11 is 0. The maximum absolute atomic E-state index is 13.1. The molecule has 0 aliphatic carbocycles. The topological polar surface area (TPSA) is 43.9 Å². The molecule has 0 aromatic heterocycles. The van der Waals surface area contributed by atoms with Gasteiger partial charge in [-0.25, -0.2) is 0 Å². The molecule has 172 valence electrons. The van der Waals surface area contributed by atoms with Crippen molar-refractivity contribution in [2.75, 3.05) is 37.6 Å². The maximum atomic E-state index is 13.1. The Morgan fingerprint density at radius 2 is 1.55 bits per heavy atom. The van der Waals surface area contributed by atoms with Crippen LogP contribution in [0.4, 0.5) is 5.69 Å². The van der Waals surface area contributed by atoms with Gasteiger partial charge in [0.05, 0.1) is 0 Å². The second kappa shape index (κ2) is 11.7.